The Balaban J connectivity index is 2.31. The van der Waals surface area contributed by atoms with Gasteiger partial charge in [-0.3, -0.25) is 0 Å². The molecule has 50 valence electrons. The third-order valence-corrected chi connectivity index (χ3v) is 1.65. The smallest absolute Gasteiger partial charge is 0.0627 e. The van der Waals surface area contributed by atoms with Crippen LogP contribution in [-0.2, 0) is 0 Å². The van der Waals surface area contributed by atoms with Crippen LogP contribution in [0.4, 0.5) is 0 Å². The largest absolute Gasteiger partial charge is 0.317 e. The number of hydrogen-bond acceptors (Lipinski definition) is 3. The molecule has 0 unspecified atom stereocenters. The Hall–Kier alpha value is -0.240. The zero-order chi connectivity index (χ0) is 6.53. The van der Waals surface area contributed by atoms with Gasteiger partial charge in [-0.05, 0) is 38.1 Å². The Kier molecular flexibility index (Phi) is 2.84. The van der Waals surface area contributed by atoms with Crippen LogP contribution >= 0.6 is 12.2 Å². The van der Waals surface area contributed by atoms with E-state index in [2.05, 4.69) is 27.7 Å². The Morgan fingerprint density at radius 3 is 2.67 bits per heavy atom. The zero-order valence-electron chi connectivity index (χ0n) is 5.26. The third-order valence-electron chi connectivity index (χ3n) is 1.54. The van der Waals surface area contributed by atoms with E-state index < -0.39 is 0 Å². The first kappa shape index (κ1) is 6.87. The molecule has 1 N–H and O–H groups in total. The van der Waals surface area contributed by atoms with E-state index in [1.807, 2.05) is 0 Å². The van der Waals surface area contributed by atoms with Gasteiger partial charge in [0.15, 0.2) is 0 Å². The fourth-order valence-corrected chi connectivity index (χ4v) is 1.16. The van der Waals surface area contributed by atoms with Gasteiger partial charge in [0.05, 0.1) is 11.2 Å². The second-order valence-electron chi connectivity index (χ2n) is 2.20. The Morgan fingerprint density at radius 2 is 2.11 bits per heavy atom. The topological polar surface area (TPSA) is 24.4 Å². The summed E-state index contributed by atoms with van der Waals surface area (Å²) in [6.07, 6.45) is 2.23. The van der Waals surface area contributed by atoms with Gasteiger partial charge in [0.25, 0.3) is 0 Å². The molecule has 3 heteroatoms. The number of piperidine rings is 1. The minimum Gasteiger partial charge on any atom is -0.317 e. The molecule has 0 amide bonds. The highest BCUT2D eigenvalue weighted by Gasteiger charge is 2.09. The molecule has 1 aliphatic rings. The van der Waals surface area contributed by atoms with Crippen molar-refractivity contribution in [2.24, 2.45) is 4.99 Å². The maximum absolute atomic E-state index is 4.50. The number of isothiocyanates is 1. The third kappa shape index (κ3) is 2.22. The first-order valence-corrected chi connectivity index (χ1v) is 3.62. The summed E-state index contributed by atoms with van der Waals surface area (Å²) in [5, 5.41) is 5.67. The average molecular weight is 142 g/mol. The molecule has 0 aromatic carbocycles. The van der Waals surface area contributed by atoms with Crippen LogP contribution in [0.1, 0.15) is 12.8 Å². The Bertz CT molecular complexity index is 123. The van der Waals surface area contributed by atoms with Gasteiger partial charge in [0, 0.05) is 0 Å². The molecule has 0 spiro atoms. The molecule has 0 radical (unpaired) electrons. The maximum Gasteiger partial charge on any atom is 0.0627 e. The van der Waals surface area contributed by atoms with Crippen LogP contribution in [0.15, 0.2) is 4.99 Å². The van der Waals surface area contributed by atoms with Crippen LogP contribution < -0.4 is 5.32 Å². The van der Waals surface area contributed by atoms with Crippen molar-refractivity contribution in [3.63, 3.8) is 0 Å². The predicted octanol–water partition coefficient (Wildman–Crippen LogP) is 0.841. The van der Waals surface area contributed by atoms with Crippen molar-refractivity contribution in [1.29, 1.82) is 0 Å². The molecule has 1 saturated heterocycles. The van der Waals surface area contributed by atoms with Crippen molar-refractivity contribution in [3.8, 4) is 0 Å². The molecule has 9 heavy (non-hydrogen) atoms. The van der Waals surface area contributed by atoms with Crippen molar-refractivity contribution >= 4 is 17.4 Å². The predicted molar refractivity (Wildman–Crippen MR) is 40.9 cm³/mol. The quantitative estimate of drug-likeness (QED) is 0.433. The van der Waals surface area contributed by atoms with E-state index in [-0.39, 0.29) is 0 Å². The molecule has 1 fully saturated rings. The van der Waals surface area contributed by atoms with Crippen molar-refractivity contribution in [3.05, 3.63) is 0 Å². The maximum atomic E-state index is 4.50. The summed E-state index contributed by atoms with van der Waals surface area (Å²) in [7, 11) is 0. The van der Waals surface area contributed by atoms with Gasteiger partial charge in [-0.15, -0.1) is 0 Å². The number of rotatable bonds is 1. The van der Waals surface area contributed by atoms with Crippen molar-refractivity contribution in [2.45, 2.75) is 18.9 Å². The van der Waals surface area contributed by atoms with Gasteiger partial charge in [0.2, 0.25) is 0 Å². The van der Waals surface area contributed by atoms with Gasteiger partial charge in [0.1, 0.15) is 0 Å². The molecule has 0 saturated carbocycles. The van der Waals surface area contributed by atoms with Crippen LogP contribution in [-0.4, -0.2) is 24.3 Å². The van der Waals surface area contributed by atoms with E-state index >= 15 is 0 Å². The average Bonchev–Trinajstić information content (AvgIpc) is 1.91. The number of aliphatic imine (C=N–C) groups is 1. The van der Waals surface area contributed by atoms with E-state index in [1.165, 1.54) is 0 Å². The van der Waals surface area contributed by atoms with Gasteiger partial charge < -0.3 is 5.32 Å². The van der Waals surface area contributed by atoms with Crippen LogP contribution in [0.2, 0.25) is 0 Å². The van der Waals surface area contributed by atoms with Crippen LogP contribution in [0.5, 0.6) is 0 Å². The lowest BCUT2D eigenvalue weighted by Gasteiger charge is -2.16. The van der Waals surface area contributed by atoms with Gasteiger partial charge >= 0.3 is 0 Å². The van der Waals surface area contributed by atoms with Crippen LogP contribution in [0.3, 0.4) is 0 Å². The Morgan fingerprint density at radius 1 is 1.44 bits per heavy atom. The molecule has 1 aliphatic heterocycles. The first-order chi connectivity index (χ1) is 4.43. The van der Waals surface area contributed by atoms with Gasteiger partial charge in [-0.2, -0.15) is 0 Å². The second kappa shape index (κ2) is 3.72. The van der Waals surface area contributed by atoms with Gasteiger partial charge in [-0.25, -0.2) is 4.99 Å². The molecule has 0 bridgehead atoms. The van der Waals surface area contributed by atoms with Crippen molar-refractivity contribution in [2.75, 3.05) is 13.1 Å². The summed E-state index contributed by atoms with van der Waals surface area (Å²) in [4.78, 5) is 4.01. The lowest BCUT2D eigenvalue weighted by atomic mass is 10.1. The van der Waals surface area contributed by atoms with E-state index in [9.17, 15) is 0 Å². The first-order valence-electron chi connectivity index (χ1n) is 3.21. The molecular weight excluding hydrogens is 132 g/mol. The number of nitrogens with one attached hydrogen (secondary N) is 1. The highest BCUT2D eigenvalue weighted by molar-refractivity contribution is 7.78. The Labute approximate surface area is 60.4 Å². The highest BCUT2D eigenvalue weighted by Crippen LogP contribution is 2.04. The number of hydrogen-bond donors (Lipinski definition) is 1. The molecular formula is C6H10N2S. The monoisotopic (exact) mass is 142 g/mol. The summed E-state index contributed by atoms with van der Waals surface area (Å²) in [6, 6.07) is 0.448. The highest BCUT2D eigenvalue weighted by atomic mass is 32.1. The normalized spacial score (nSPS) is 20.9. The minimum absolute atomic E-state index is 0.448. The lowest BCUT2D eigenvalue weighted by molar-refractivity contribution is 0.461. The lowest BCUT2D eigenvalue weighted by Crippen LogP contribution is -2.29. The fraction of sp³-hybridized carbons (Fsp3) is 0.833. The molecule has 0 aliphatic carbocycles. The van der Waals surface area contributed by atoms with Crippen LogP contribution in [0.25, 0.3) is 0 Å². The number of nitrogens with zero attached hydrogens (tertiary/aromatic N) is 1. The van der Waals surface area contributed by atoms with Gasteiger partial charge in [-0.1, -0.05) is 0 Å². The number of thiocarbonyl (C=S) groups is 1. The van der Waals surface area contributed by atoms with Crippen molar-refractivity contribution < 1.29 is 0 Å². The fourth-order valence-electron chi connectivity index (χ4n) is 1.01. The molecule has 1 rings (SSSR count). The second-order valence-corrected chi connectivity index (χ2v) is 2.38. The zero-order valence-corrected chi connectivity index (χ0v) is 6.08. The summed E-state index contributed by atoms with van der Waals surface area (Å²) < 4.78 is 0. The summed E-state index contributed by atoms with van der Waals surface area (Å²) in [5.41, 5.74) is 0. The summed E-state index contributed by atoms with van der Waals surface area (Å²) in [6.45, 7) is 2.15. The molecule has 0 aromatic heterocycles. The minimum atomic E-state index is 0.448. The van der Waals surface area contributed by atoms with Crippen molar-refractivity contribution in [1.82, 2.24) is 5.32 Å². The molecule has 2 nitrogen and oxygen atoms in total. The summed E-state index contributed by atoms with van der Waals surface area (Å²) >= 11 is 4.50. The van der Waals surface area contributed by atoms with Crippen LogP contribution in [0, 0.1) is 0 Å². The SMILES string of the molecule is S=C=NC1CCNCC1. The molecule has 1 heterocycles. The standard InChI is InChI=1S/C6H10N2S/c9-5-8-6-1-3-7-4-2-6/h6-7H,1-4H2. The van der Waals surface area contributed by atoms with E-state index in [1.54, 1.807) is 0 Å². The van der Waals surface area contributed by atoms with E-state index in [0.29, 0.717) is 6.04 Å². The molecule has 0 aromatic rings. The van der Waals surface area contributed by atoms with E-state index in [0.717, 1.165) is 25.9 Å². The molecule has 0 atom stereocenters. The summed E-state index contributed by atoms with van der Waals surface area (Å²) in [5.74, 6) is 0. The van der Waals surface area contributed by atoms with E-state index in [4.69, 9.17) is 0 Å².